The number of benzene rings is 1. The Bertz CT molecular complexity index is 929. The molecule has 4 unspecified atom stereocenters. The van der Waals surface area contributed by atoms with Crippen molar-refractivity contribution < 1.29 is 34.4 Å². The van der Waals surface area contributed by atoms with Crippen LogP contribution in [0.4, 0.5) is 0 Å². The van der Waals surface area contributed by atoms with E-state index in [2.05, 4.69) is 20.8 Å². The summed E-state index contributed by atoms with van der Waals surface area (Å²) in [4.78, 5) is 36.7. The lowest BCUT2D eigenvalue weighted by molar-refractivity contribution is -0.165. The number of hydrogen-bond acceptors (Lipinski definition) is 5. The quantitative estimate of drug-likeness (QED) is 0.164. The highest BCUT2D eigenvalue weighted by Crippen LogP contribution is 2.51. The molecule has 4 atom stereocenters. The molecule has 0 aromatic heterocycles. The van der Waals surface area contributed by atoms with Crippen molar-refractivity contribution in [3.05, 3.63) is 29.8 Å². The lowest BCUT2D eigenvalue weighted by Crippen LogP contribution is -2.47. The summed E-state index contributed by atoms with van der Waals surface area (Å²) < 4.78 is 5.55. The first-order valence-corrected chi connectivity index (χ1v) is 14.2. The molecule has 0 saturated carbocycles. The summed E-state index contributed by atoms with van der Waals surface area (Å²) >= 11 is 0. The Hall–Kier alpha value is -2.57. The van der Waals surface area contributed by atoms with Crippen LogP contribution in [0.5, 0.6) is 5.75 Å². The molecular formula is C32H52O7. The molecule has 39 heavy (non-hydrogen) atoms. The van der Waals surface area contributed by atoms with Gasteiger partial charge in [-0.1, -0.05) is 66.5 Å². The van der Waals surface area contributed by atoms with Gasteiger partial charge in [-0.15, -0.1) is 0 Å². The average Bonchev–Trinajstić information content (AvgIpc) is 2.73. The maximum Gasteiger partial charge on any atom is 0.307 e. The van der Waals surface area contributed by atoms with Crippen LogP contribution in [0.15, 0.2) is 24.3 Å². The molecule has 7 heteroatoms. The zero-order valence-corrected chi connectivity index (χ0v) is 25.5. The van der Waals surface area contributed by atoms with E-state index in [1.807, 2.05) is 32.9 Å². The standard InChI is InChI=1S/C32H52O7/c1-30(2,3)27(28(31(4,5)6)24(29(37)38)20-26(36)39-32(7,8)9)22(13-11-10-12-14-25(34)35)19-21-15-17-23(33)18-16-21/h15-18,22,24,27-28,33H,10-14,19-20H2,1-9H3,(H,34,35)(H,37,38). The minimum atomic E-state index is -1.00. The lowest BCUT2D eigenvalue weighted by atomic mass is 9.54. The number of aromatic hydroxyl groups is 1. The van der Waals surface area contributed by atoms with Crippen LogP contribution in [-0.2, 0) is 25.5 Å². The molecule has 3 N–H and O–H groups in total. The zero-order chi connectivity index (χ0) is 30.2. The third-order valence-electron chi connectivity index (χ3n) is 7.35. The van der Waals surface area contributed by atoms with Crippen molar-refractivity contribution in [2.75, 3.05) is 0 Å². The van der Waals surface area contributed by atoms with E-state index in [4.69, 9.17) is 9.84 Å². The van der Waals surface area contributed by atoms with Crippen molar-refractivity contribution in [1.82, 2.24) is 0 Å². The summed E-state index contributed by atoms with van der Waals surface area (Å²) in [5.41, 5.74) is -0.385. The Labute approximate surface area is 235 Å². The SMILES string of the molecule is CC(C)(C)OC(=O)CC(C(=O)O)C(C(C(CCCCCC(=O)O)Cc1ccc(O)cc1)C(C)(C)C)C(C)(C)C. The third kappa shape index (κ3) is 12.4. The number of rotatable bonds is 14. The normalized spacial score (nSPS) is 15.7. The number of hydrogen-bond donors (Lipinski definition) is 3. The first kappa shape index (κ1) is 34.5. The Kier molecular flexibility index (Phi) is 12.5. The van der Waals surface area contributed by atoms with E-state index in [0.717, 1.165) is 24.8 Å². The van der Waals surface area contributed by atoms with Gasteiger partial charge in [0, 0.05) is 6.42 Å². The van der Waals surface area contributed by atoms with Gasteiger partial charge in [0.05, 0.1) is 12.3 Å². The fourth-order valence-corrected chi connectivity index (χ4v) is 6.07. The second kappa shape index (κ2) is 14.2. The highest BCUT2D eigenvalue weighted by atomic mass is 16.6. The molecule has 0 fully saturated rings. The van der Waals surface area contributed by atoms with Gasteiger partial charge >= 0.3 is 17.9 Å². The van der Waals surface area contributed by atoms with Gasteiger partial charge in [-0.2, -0.15) is 0 Å². The van der Waals surface area contributed by atoms with E-state index in [1.165, 1.54) is 0 Å². The van der Waals surface area contributed by atoms with Crippen LogP contribution in [0, 0.1) is 34.5 Å². The summed E-state index contributed by atoms with van der Waals surface area (Å²) in [6.45, 7) is 17.9. The number of aliphatic carboxylic acids is 2. The van der Waals surface area contributed by atoms with Gasteiger partial charge in [-0.3, -0.25) is 14.4 Å². The summed E-state index contributed by atoms with van der Waals surface area (Å²) in [5.74, 6) is -3.41. The average molecular weight is 549 g/mol. The topological polar surface area (TPSA) is 121 Å². The third-order valence-corrected chi connectivity index (χ3v) is 7.35. The van der Waals surface area contributed by atoms with Crippen LogP contribution in [0.1, 0.15) is 106 Å². The van der Waals surface area contributed by atoms with Crippen molar-refractivity contribution in [1.29, 1.82) is 0 Å². The van der Waals surface area contributed by atoms with E-state index in [1.54, 1.807) is 32.9 Å². The van der Waals surface area contributed by atoms with Crippen molar-refractivity contribution in [2.24, 2.45) is 34.5 Å². The zero-order valence-electron chi connectivity index (χ0n) is 25.5. The minimum Gasteiger partial charge on any atom is -0.508 e. The highest BCUT2D eigenvalue weighted by molar-refractivity contribution is 5.79. The molecular weight excluding hydrogens is 496 g/mol. The van der Waals surface area contributed by atoms with E-state index < -0.39 is 34.8 Å². The highest BCUT2D eigenvalue weighted by Gasteiger charge is 2.49. The Morgan fingerprint density at radius 3 is 1.77 bits per heavy atom. The lowest BCUT2D eigenvalue weighted by Gasteiger charge is -2.50. The maximum absolute atomic E-state index is 12.9. The smallest absolute Gasteiger partial charge is 0.307 e. The first-order chi connectivity index (χ1) is 17.7. The molecule has 1 rings (SSSR count). The number of phenols is 1. The maximum atomic E-state index is 12.9. The summed E-state index contributed by atoms with van der Waals surface area (Å²) in [7, 11) is 0. The second-order valence-corrected chi connectivity index (χ2v) is 14.1. The number of esters is 1. The monoisotopic (exact) mass is 548 g/mol. The number of carbonyl (C=O) groups is 3. The Morgan fingerprint density at radius 2 is 1.33 bits per heavy atom. The summed E-state index contributed by atoms with van der Waals surface area (Å²) in [5, 5.41) is 29.3. The largest absolute Gasteiger partial charge is 0.508 e. The predicted octanol–water partition coefficient (Wildman–Crippen LogP) is 7.34. The van der Waals surface area contributed by atoms with Gasteiger partial charge in [-0.05, 0) is 86.3 Å². The van der Waals surface area contributed by atoms with Crippen LogP contribution in [0.2, 0.25) is 0 Å². The van der Waals surface area contributed by atoms with Crippen molar-refractivity contribution >= 4 is 17.9 Å². The summed E-state index contributed by atoms with van der Waals surface area (Å²) in [6, 6.07) is 7.12. The van der Waals surface area contributed by atoms with Crippen molar-refractivity contribution in [3.63, 3.8) is 0 Å². The number of carboxylic acids is 2. The molecule has 0 heterocycles. The van der Waals surface area contributed by atoms with Crippen LogP contribution in [0.3, 0.4) is 0 Å². The van der Waals surface area contributed by atoms with Crippen LogP contribution >= 0.6 is 0 Å². The van der Waals surface area contributed by atoms with E-state index in [-0.39, 0.29) is 41.8 Å². The van der Waals surface area contributed by atoms with Gasteiger partial charge in [0.25, 0.3) is 0 Å². The van der Waals surface area contributed by atoms with Gasteiger partial charge in [0.15, 0.2) is 0 Å². The minimum absolute atomic E-state index is 0.0732. The van der Waals surface area contributed by atoms with Crippen LogP contribution in [-0.4, -0.2) is 38.8 Å². The van der Waals surface area contributed by atoms with Gasteiger partial charge < -0.3 is 20.1 Å². The molecule has 222 valence electrons. The molecule has 1 aromatic carbocycles. The number of unbranched alkanes of at least 4 members (excludes halogenated alkanes) is 2. The molecule has 7 nitrogen and oxygen atoms in total. The van der Waals surface area contributed by atoms with Gasteiger partial charge in [0.2, 0.25) is 0 Å². The molecule has 0 aliphatic rings. The van der Waals surface area contributed by atoms with Gasteiger partial charge in [0.1, 0.15) is 11.4 Å². The molecule has 0 amide bonds. The Morgan fingerprint density at radius 1 is 0.795 bits per heavy atom. The van der Waals surface area contributed by atoms with E-state index >= 15 is 0 Å². The van der Waals surface area contributed by atoms with Crippen molar-refractivity contribution in [3.8, 4) is 5.75 Å². The number of carbonyl (C=O) groups excluding carboxylic acids is 1. The second-order valence-electron chi connectivity index (χ2n) is 14.1. The molecule has 0 spiro atoms. The Balaban J connectivity index is 3.55. The predicted molar refractivity (Wildman–Crippen MR) is 153 cm³/mol. The number of phenolic OH excluding ortho intramolecular Hbond substituents is 1. The van der Waals surface area contributed by atoms with Crippen LogP contribution in [0.25, 0.3) is 0 Å². The molecule has 0 radical (unpaired) electrons. The van der Waals surface area contributed by atoms with Crippen LogP contribution < -0.4 is 0 Å². The first-order valence-electron chi connectivity index (χ1n) is 14.2. The fourth-order valence-electron chi connectivity index (χ4n) is 6.07. The summed E-state index contributed by atoms with van der Waals surface area (Å²) in [6.07, 6.45) is 3.61. The molecule has 0 aliphatic carbocycles. The fraction of sp³-hybridized carbons (Fsp3) is 0.719. The molecule has 0 aliphatic heterocycles. The van der Waals surface area contributed by atoms with Crippen molar-refractivity contribution in [2.45, 2.75) is 113 Å². The van der Waals surface area contributed by atoms with E-state index in [9.17, 15) is 24.6 Å². The molecule has 1 aromatic rings. The molecule has 0 bridgehead atoms. The van der Waals surface area contributed by atoms with Gasteiger partial charge in [-0.25, -0.2) is 0 Å². The number of carboxylic acid groups (broad SMARTS) is 2. The van der Waals surface area contributed by atoms with E-state index in [0.29, 0.717) is 12.8 Å². The molecule has 0 saturated heterocycles. The number of ether oxygens (including phenoxy) is 1.